The summed E-state index contributed by atoms with van der Waals surface area (Å²) in [7, 11) is 0. The standard InChI is InChI=1S/C13H26N2O.CH4/c1-9(2)12(14)13(16)15-11-7-5-4-6-10(3)8-11;/h9-12H,4-8,14H2,1-3H3,(H,15,16);1H4. The highest BCUT2D eigenvalue weighted by atomic mass is 16.2. The van der Waals surface area contributed by atoms with Gasteiger partial charge in [0.1, 0.15) is 0 Å². The molecule has 3 nitrogen and oxygen atoms in total. The number of carbonyl (C=O) groups is 1. The highest BCUT2D eigenvalue weighted by Gasteiger charge is 2.23. The predicted molar refractivity (Wildman–Crippen MR) is 73.7 cm³/mol. The first-order valence-electron chi connectivity index (χ1n) is 6.56. The molecule has 0 spiro atoms. The molecule has 3 N–H and O–H groups in total. The number of carbonyl (C=O) groups excluding carboxylic acids is 1. The lowest BCUT2D eigenvalue weighted by atomic mass is 9.99. The minimum absolute atomic E-state index is 0. The predicted octanol–water partition coefficient (Wildman–Crippen LogP) is 2.69. The van der Waals surface area contributed by atoms with Crippen molar-refractivity contribution < 1.29 is 4.79 Å². The van der Waals surface area contributed by atoms with E-state index in [1.54, 1.807) is 0 Å². The van der Waals surface area contributed by atoms with Gasteiger partial charge in [0, 0.05) is 6.04 Å². The molecule has 1 aliphatic carbocycles. The Morgan fingerprint density at radius 2 is 1.88 bits per heavy atom. The van der Waals surface area contributed by atoms with Gasteiger partial charge in [0.05, 0.1) is 6.04 Å². The van der Waals surface area contributed by atoms with Gasteiger partial charge >= 0.3 is 0 Å². The maximum Gasteiger partial charge on any atom is 0.237 e. The van der Waals surface area contributed by atoms with E-state index in [0.29, 0.717) is 6.04 Å². The van der Waals surface area contributed by atoms with Gasteiger partial charge in [0.15, 0.2) is 0 Å². The Bertz CT molecular complexity index is 228. The number of amides is 1. The van der Waals surface area contributed by atoms with Crippen molar-refractivity contribution in [3.63, 3.8) is 0 Å². The molecule has 0 heterocycles. The number of nitrogens with two attached hydrogens (primary N) is 1. The molecule has 1 amide bonds. The quantitative estimate of drug-likeness (QED) is 0.748. The summed E-state index contributed by atoms with van der Waals surface area (Å²) >= 11 is 0. The third-order valence-corrected chi connectivity index (χ3v) is 3.55. The van der Waals surface area contributed by atoms with E-state index in [2.05, 4.69) is 12.2 Å². The summed E-state index contributed by atoms with van der Waals surface area (Å²) in [5.74, 6) is 0.959. The maximum atomic E-state index is 11.8. The third-order valence-electron chi connectivity index (χ3n) is 3.55. The molecule has 3 heteroatoms. The summed E-state index contributed by atoms with van der Waals surface area (Å²) in [4.78, 5) is 11.8. The Morgan fingerprint density at radius 3 is 2.47 bits per heavy atom. The van der Waals surface area contributed by atoms with Crippen LogP contribution in [-0.2, 0) is 4.79 Å². The van der Waals surface area contributed by atoms with Crippen LogP contribution in [0.25, 0.3) is 0 Å². The minimum atomic E-state index is -0.362. The Kier molecular flexibility index (Phi) is 7.44. The van der Waals surface area contributed by atoms with Crippen molar-refractivity contribution in [3.05, 3.63) is 0 Å². The fourth-order valence-electron chi connectivity index (χ4n) is 2.34. The van der Waals surface area contributed by atoms with E-state index in [-0.39, 0.29) is 25.3 Å². The molecule has 1 saturated carbocycles. The number of hydrogen-bond donors (Lipinski definition) is 2. The minimum Gasteiger partial charge on any atom is -0.352 e. The van der Waals surface area contributed by atoms with Crippen LogP contribution in [0.15, 0.2) is 0 Å². The van der Waals surface area contributed by atoms with Crippen molar-refractivity contribution in [1.29, 1.82) is 0 Å². The molecule has 1 rings (SSSR count). The van der Waals surface area contributed by atoms with Crippen LogP contribution in [-0.4, -0.2) is 18.0 Å². The summed E-state index contributed by atoms with van der Waals surface area (Å²) in [5.41, 5.74) is 5.84. The van der Waals surface area contributed by atoms with Crippen molar-refractivity contribution >= 4 is 5.91 Å². The first-order valence-corrected chi connectivity index (χ1v) is 6.56. The van der Waals surface area contributed by atoms with Gasteiger partial charge in [-0.3, -0.25) is 4.79 Å². The zero-order valence-electron chi connectivity index (χ0n) is 10.8. The summed E-state index contributed by atoms with van der Waals surface area (Å²) < 4.78 is 0. The molecule has 3 atom stereocenters. The normalized spacial score (nSPS) is 26.9. The van der Waals surface area contributed by atoms with E-state index in [1.807, 2.05) is 13.8 Å². The van der Waals surface area contributed by atoms with Gasteiger partial charge in [-0.2, -0.15) is 0 Å². The molecule has 0 aliphatic heterocycles. The van der Waals surface area contributed by atoms with E-state index < -0.39 is 0 Å². The molecule has 0 aromatic heterocycles. The van der Waals surface area contributed by atoms with Gasteiger partial charge in [0.25, 0.3) is 0 Å². The van der Waals surface area contributed by atoms with Crippen molar-refractivity contribution in [3.8, 4) is 0 Å². The van der Waals surface area contributed by atoms with Gasteiger partial charge in [-0.05, 0) is 24.7 Å². The first kappa shape index (κ1) is 16.4. The zero-order valence-corrected chi connectivity index (χ0v) is 10.8. The molecule has 0 bridgehead atoms. The highest BCUT2D eigenvalue weighted by Crippen LogP contribution is 2.22. The highest BCUT2D eigenvalue weighted by molar-refractivity contribution is 5.82. The van der Waals surface area contributed by atoms with E-state index in [9.17, 15) is 4.79 Å². The number of hydrogen-bond acceptors (Lipinski definition) is 2. The Hall–Kier alpha value is -0.570. The lowest BCUT2D eigenvalue weighted by Crippen LogP contribution is -2.48. The molecule has 0 saturated heterocycles. The van der Waals surface area contributed by atoms with Crippen LogP contribution in [0.2, 0.25) is 0 Å². The molecule has 1 fully saturated rings. The van der Waals surface area contributed by atoms with Crippen LogP contribution in [0.4, 0.5) is 0 Å². The maximum absolute atomic E-state index is 11.8. The molecule has 0 aromatic carbocycles. The fraction of sp³-hybridized carbons (Fsp3) is 0.929. The molecular weight excluding hydrogens is 212 g/mol. The largest absolute Gasteiger partial charge is 0.352 e. The Labute approximate surface area is 107 Å². The second-order valence-electron chi connectivity index (χ2n) is 5.60. The van der Waals surface area contributed by atoms with Crippen LogP contribution in [0.3, 0.4) is 0 Å². The van der Waals surface area contributed by atoms with Crippen LogP contribution in [0.1, 0.15) is 60.3 Å². The van der Waals surface area contributed by atoms with E-state index in [4.69, 9.17) is 5.73 Å². The third kappa shape index (κ3) is 5.53. The van der Waals surface area contributed by atoms with Gasteiger partial charge in [-0.25, -0.2) is 0 Å². The van der Waals surface area contributed by atoms with Crippen molar-refractivity contribution in [1.82, 2.24) is 5.32 Å². The summed E-state index contributed by atoms with van der Waals surface area (Å²) in [6.45, 7) is 6.24. The Balaban J connectivity index is 0.00000256. The van der Waals surface area contributed by atoms with E-state index >= 15 is 0 Å². The van der Waals surface area contributed by atoms with E-state index in [0.717, 1.165) is 18.8 Å². The lowest BCUT2D eigenvalue weighted by molar-refractivity contribution is -0.124. The van der Waals surface area contributed by atoms with Crippen molar-refractivity contribution in [2.75, 3.05) is 0 Å². The summed E-state index contributed by atoms with van der Waals surface area (Å²) in [5, 5.41) is 3.11. The second-order valence-corrected chi connectivity index (χ2v) is 5.60. The average Bonchev–Trinajstić information content (AvgIpc) is 2.41. The summed E-state index contributed by atoms with van der Waals surface area (Å²) in [6, 6.07) is -0.0200. The fourth-order valence-corrected chi connectivity index (χ4v) is 2.34. The molecule has 1 aliphatic rings. The topological polar surface area (TPSA) is 55.1 Å². The van der Waals surface area contributed by atoms with E-state index in [1.165, 1.54) is 19.3 Å². The van der Waals surface area contributed by atoms with Crippen LogP contribution in [0.5, 0.6) is 0 Å². The SMILES string of the molecule is C.CC1CCCCC(NC(=O)C(N)C(C)C)C1. The lowest BCUT2D eigenvalue weighted by Gasteiger charge is -2.22. The molecule has 0 aromatic rings. The molecule has 3 unspecified atom stereocenters. The van der Waals surface area contributed by atoms with Crippen molar-refractivity contribution in [2.24, 2.45) is 17.6 Å². The second kappa shape index (κ2) is 7.70. The summed E-state index contributed by atoms with van der Waals surface area (Å²) in [6.07, 6.45) is 6.04. The zero-order chi connectivity index (χ0) is 12.1. The van der Waals surface area contributed by atoms with Gasteiger partial charge < -0.3 is 11.1 Å². The Morgan fingerprint density at radius 1 is 1.29 bits per heavy atom. The first-order chi connectivity index (χ1) is 7.50. The van der Waals surface area contributed by atoms with Gasteiger partial charge in [-0.1, -0.05) is 47.5 Å². The smallest absolute Gasteiger partial charge is 0.237 e. The van der Waals surface area contributed by atoms with Gasteiger partial charge in [0.2, 0.25) is 5.91 Å². The van der Waals surface area contributed by atoms with Crippen LogP contribution < -0.4 is 11.1 Å². The molecule has 17 heavy (non-hydrogen) atoms. The van der Waals surface area contributed by atoms with Crippen LogP contribution in [0, 0.1) is 11.8 Å². The molecule has 0 radical (unpaired) electrons. The average molecular weight is 242 g/mol. The monoisotopic (exact) mass is 242 g/mol. The van der Waals surface area contributed by atoms with Gasteiger partial charge in [-0.15, -0.1) is 0 Å². The van der Waals surface area contributed by atoms with Crippen LogP contribution >= 0.6 is 0 Å². The number of nitrogens with one attached hydrogen (secondary N) is 1. The number of rotatable bonds is 3. The molecular formula is C14H30N2O. The molecule has 102 valence electrons. The van der Waals surface area contributed by atoms with Crippen molar-refractivity contribution in [2.45, 2.75) is 72.4 Å².